The number of aromatic nitrogens is 2. The fourth-order valence-electron chi connectivity index (χ4n) is 4.08. The monoisotopic (exact) mass is 460 g/mol. The van der Waals surface area contributed by atoms with Crippen LogP contribution in [0.4, 0.5) is 5.95 Å². The smallest absolute Gasteiger partial charge is 0.223 e. The van der Waals surface area contributed by atoms with Crippen LogP contribution in [0.3, 0.4) is 0 Å². The van der Waals surface area contributed by atoms with Crippen molar-refractivity contribution in [3.05, 3.63) is 40.5 Å². The second kappa shape index (κ2) is 9.47. The summed E-state index contributed by atoms with van der Waals surface area (Å²) in [6, 6.07) is 7.82. The molecule has 3 aromatic rings. The Labute approximate surface area is 192 Å². The lowest BCUT2D eigenvalue weighted by atomic mass is 10.0. The molecule has 1 aliphatic rings. The molecule has 1 saturated carbocycles. The summed E-state index contributed by atoms with van der Waals surface area (Å²) in [4.78, 5) is 9.21. The van der Waals surface area contributed by atoms with Crippen LogP contribution in [0.2, 0.25) is 10.0 Å². The van der Waals surface area contributed by atoms with Crippen LogP contribution < -0.4 is 20.5 Å². The molecule has 0 radical (unpaired) electrons. The van der Waals surface area contributed by atoms with Crippen LogP contribution in [-0.4, -0.2) is 36.3 Å². The van der Waals surface area contributed by atoms with E-state index in [4.69, 9.17) is 38.4 Å². The Balaban J connectivity index is 1.68. The fourth-order valence-corrected chi connectivity index (χ4v) is 4.80. The van der Waals surface area contributed by atoms with Gasteiger partial charge in [0.25, 0.3) is 0 Å². The van der Waals surface area contributed by atoms with E-state index in [0.717, 1.165) is 29.3 Å². The highest BCUT2D eigenvalue weighted by Gasteiger charge is 2.22. The van der Waals surface area contributed by atoms with Gasteiger partial charge in [-0.25, -0.2) is 9.97 Å². The summed E-state index contributed by atoms with van der Waals surface area (Å²) >= 11 is 13.1. The van der Waals surface area contributed by atoms with Crippen LogP contribution in [-0.2, 0) is 0 Å². The molecule has 2 aromatic carbocycles. The molecule has 164 valence electrons. The second-order valence-electron chi connectivity index (χ2n) is 7.80. The Bertz CT molecular complexity index is 1060. The first-order valence-electron chi connectivity index (χ1n) is 10.4. The van der Waals surface area contributed by atoms with Crippen molar-refractivity contribution >= 4 is 40.1 Å². The van der Waals surface area contributed by atoms with Crippen molar-refractivity contribution < 1.29 is 9.47 Å². The molecule has 8 heteroatoms. The molecule has 1 aliphatic carbocycles. The zero-order chi connectivity index (χ0) is 22.0. The van der Waals surface area contributed by atoms with Crippen molar-refractivity contribution in [1.82, 2.24) is 9.97 Å². The van der Waals surface area contributed by atoms with Gasteiger partial charge in [0.15, 0.2) is 0 Å². The standard InChI is InChI=1S/C23H26Cl2N4O2/c1-30-18-11-19(31-2)22(25)20(21(18)24)13-8-9-16-14(10-13)12-27-23(28-16)29-17-7-5-3-4-6-15(17)26/h8-12,15,17H,3-7,26H2,1-2H3,(H,27,28,29)/t15?,17-/m0/s1. The lowest BCUT2D eigenvalue weighted by Crippen LogP contribution is -2.39. The highest BCUT2D eigenvalue weighted by atomic mass is 35.5. The SMILES string of the molecule is COc1cc(OC)c(Cl)c(-c2ccc3nc(N[C@H]4CCCCCC4N)ncc3c2)c1Cl. The summed E-state index contributed by atoms with van der Waals surface area (Å²) in [6.07, 6.45) is 7.45. The fraction of sp³-hybridized carbons (Fsp3) is 0.391. The van der Waals surface area contributed by atoms with E-state index >= 15 is 0 Å². The normalized spacial score (nSPS) is 19.1. The minimum absolute atomic E-state index is 0.122. The van der Waals surface area contributed by atoms with E-state index in [-0.39, 0.29) is 12.1 Å². The molecule has 31 heavy (non-hydrogen) atoms. The van der Waals surface area contributed by atoms with Gasteiger partial charge in [0.2, 0.25) is 5.95 Å². The average Bonchev–Trinajstić information content (AvgIpc) is 2.98. The van der Waals surface area contributed by atoms with E-state index in [1.807, 2.05) is 18.2 Å². The van der Waals surface area contributed by atoms with E-state index in [0.29, 0.717) is 33.1 Å². The van der Waals surface area contributed by atoms with Crippen molar-refractivity contribution in [3.63, 3.8) is 0 Å². The van der Waals surface area contributed by atoms with E-state index in [9.17, 15) is 0 Å². The van der Waals surface area contributed by atoms with E-state index in [1.165, 1.54) is 19.3 Å². The molecule has 0 bridgehead atoms. The van der Waals surface area contributed by atoms with Crippen molar-refractivity contribution in [1.29, 1.82) is 0 Å². The number of methoxy groups -OCH3 is 2. The quantitative estimate of drug-likeness (QED) is 0.475. The van der Waals surface area contributed by atoms with Gasteiger partial charge in [0.1, 0.15) is 11.5 Å². The summed E-state index contributed by atoms with van der Waals surface area (Å²) in [7, 11) is 3.11. The number of halogens is 2. The summed E-state index contributed by atoms with van der Waals surface area (Å²) in [5, 5.41) is 5.16. The van der Waals surface area contributed by atoms with E-state index in [2.05, 4.69) is 15.3 Å². The van der Waals surface area contributed by atoms with Gasteiger partial charge in [-0.2, -0.15) is 0 Å². The summed E-state index contributed by atoms with van der Waals surface area (Å²) < 4.78 is 10.8. The predicted molar refractivity (Wildman–Crippen MR) is 127 cm³/mol. The number of rotatable bonds is 5. The maximum absolute atomic E-state index is 6.57. The van der Waals surface area contributed by atoms with Crippen molar-refractivity contribution in [2.45, 2.75) is 44.2 Å². The molecule has 0 aliphatic heterocycles. The molecule has 0 spiro atoms. The Hall–Kier alpha value is -2.28. The van der Waals surface area contributed by atoms with Crippen molar-refractivity contribution in [3.8, 4) is 22.6 Å². The van der Waals surface area contributed by atoms with E-state index < -0.39 is 0 Å². The largest absolute Gasteiger partial charge is 0.495 e. The number of hydrogen-bond acceptors (Lipinski definition) is 6. The van der Waals surface area contributed by atoms with Crippen LogP contribution in [0.15, 0.2) is 30.5 Å². The van der Waals surface area contributed by atoms with E-state index in [1.54, 1.807) is 26.5 Å². The number of anilines is 1. The molecular weight excluding hydrogens is 435 g/mol. The van der Waals surface area contributed by atoms with Crippen LogP contribution >= 0.6 is 23.2 Å². The Kier molecular flexibility index (Phi) is 6.70. The molecule has 1 fully saturated rings. The number of hydrogen-bond donors (Lipinski definition) is 2. The molecule has 0 amide bonds. The van der Waals surface area contributed by atoms with Gasteiger partial charge in [-0.3, -0.25) is 0 Å². The molecular formula is C23H26Cl2N4O2. The summed E-state index contributed by atoms with van der Waals surface area (Å²) in [5.41, 5.74) is 8.64. The van der Waals surface area contributed by atoms with Crippen molar-refractivity contribution in [2.75, 3.05) is 19.5 Å². The van der Waals surface area contributed by atoms with Crippen LogP contribution in [0.5, 0.6) is 11.5 Å². The van der Waals surface area contributed by atoms with Crippen LogP contribution in [0, 0.1) is 0 Å². The maximum Gasteiger partial charge on any atom is 0.223 e. The summed E-state index contributed by atoms with van der Waals surface area (Å²) in [6.45, 7) is 0. The van der Waals surface area contributed by atoms with Crippen molar-refractivity contribution in [2.24, 2.45) is 5.73 Å². The lowest BCUT2D eigenvalue weighted by Gasteiger charge is -2.22. The third kappa shape index (κ3) is 4.52. The number of nitrogens with two attached hydrogens (primary N) is 1. The highest BCUT2D eigenvalue weighted by molar-refractivity contribution is 6.41. The number of nitrogens with one attached hydrogen (secondary N) is 1. The first kappa shape index (κ1) is 21.9. The topological polar surface area (TPSA) is 82.3 Å². The van der Waals surface area contributed by atoms with Gasteiger partial charge in [0, 0.05) is 35.3 Å². The average molecular weight is 461 g/mol. The van der Waals surface area contributed by atoms with Crippen LogP contribution in [0.1, 0.15) is 32.1 Å². The van der Waals surface area contributed by atoms with Gasteiger partial charge in [-0.1, -0.05) is 48.5 Å². The molecule has 4 rings (SSSR count). The first-order chi connectivity index (χ1) is 15.0. The maximum atomic E-state index is 6.57. The third-order valence-electron chi connectivity index (χ3n) is 5.83. The molecule has 0 saturated heterocycles. The third-order valence-corrected chi connectivity index (χ3v) is 6.58. The zero-order valence-corrected chi connectivity index (χ0v) is 19.1. The predicted octanol–water partition coefficient (Wildman–Crippen LogP) is 5.69. The first-order valence-corrected chi connectivity index (χ1v) is 11.2. The minimum Gasteiger partial charge on any atom is -0.495 e. The minimum atomic E-state index is 0.122. The Morgan fingerprint density at radius 3 is 2.42 bits per heavy atom. The number of nitrogens with zero attached hydrogens (tertiary/aromatic N) is 2. The number of fused-ring (bicyclic) bond motifs is 1. The molecule has 1 unspecified atom stereocenters. The molecule has 6 nitrogen and oxygen atoms in total. The second-order valence-corrected chi connectivity index (χ2v) is 8.56. The zero-order valence-electron chi connectivity index (χ0n) is 17.6. The molecule has 3 N–H and O–H groups in total. The van der Waals surface area contributed by atoms with Gasteiger partial charge in [0.05, 0.1) is 29.8 Å². The summed E-state index contributed by atoms with van der Waals surface area (Å²) in [5.74, 6) is 1.59. The number of benzene rings is 2. The van der Waals surface area contributed by atoms with Gasteiger partial charge in [-0.15, -0.1) is 0 Å². The Morgan fingerprint density at radius 1 is 1.00 bits per heavy atom. The van der Waals surface area contributed by atoms with Crippen LogP contribution in [0.25, 0.3) is 22.0 Å². The number of ether oxygens (including phenoxy) is 2. The van der Waals surface area contributed by atoms with Gasteiger partial charge in [-0.05, 0) is 30.5 Å². The lowest BCUT2D eigenvalue weighted by molar-refractivity contribution is 0.395. The molecule has 2 atom stereocenters. The van der Waals surface area contributed by atoms with Gasteiger partial charge < -0.3 is 20.5 Å². The highest BCUT2D eigenvalue weighted by Crippen LogP contribution is 2.46. The Morgan fingerprint density at radius 2 is 1.71 bits per heavy atom. The van der Waals surface area contributed by atoms with Gasteiger partial charge >= 0.3 is 0 Å². The molecule has 1 heterocycles. The molecule has 1 aromatic heterocycles.